The first kappa shape index (κ1) is 24.0. The summed E-state index contributed by atoms with van der Waals surface area (Å²) < 4.78 is 31.5. The lowest BCUT2D eigenvalue weighted by molar-refractivity contribution is -0.123. The van der Waals surface area contributed by atoms with Gasteiger partial charge in [0.05, 0.1) is 24.1 Å². The summed E-state index contributed by atoms with van der Waals surface area (Å²) in [5, 5.41) is 3.28. The second kappa shape index (κ2) is 9.71. The van der Waals surface area contributed by atoms with E-state index >= 15 is 0 Å². The summed E-state index contributed by atoms with van der Waals surface area (Å²) in [6.07, 6.45) is 1.99. The molecule has 0 aliphatic rings. The van der Waals surface area contributed by atoms with Crippen molar-refractivity contribution in [3.8, 4) is 5.75 Å². The van der Waals surface area contributed by atoms with Crippen molar-refractivity contribution >= 4 is 33.2 Å². The van der Waals surface area contributed by atoms with Crippen LogP contribution in [0.25, 0.3) is 0 Å². The lowest BCUT2D eigenvalue weighted by Gasteiger charge is -2.34. The summed E-state index contributed by atoms with van der Waals surface area (Å²) in [5.74, 6) is 0.0613. The number of nitrogens with one attached hydrogen (secondary N) is 1. The summed E-state index contributed by atoms with van der Waals surface area (Å²) in [4.78, 5) is 13.2. The van der Waals surface area contributed by atoms with Crippen LogP contribution in [0.4, 0.5) is 5.69 Å². The van der Waals surface area contributed by atoms with Crippen molar-refractivity contribution in [1.82, 2.24) is 5.32 Å². The maximum Gasteiger partial charge on any atom is 0.244 e. The summed E-state index contributed by atoms with van der Waals surface area (Å²) in [5.41, 5.74) is 0.830. The number of carbonyl (C=O) groups is 1. The quantitative estimate of drug-likeness (QED) is 0.623. The van der Waals surface area contributed by atoms with E-state index in [9.17, 15) is 13.2 Å². The number of hydrogen-bond donors (Lipinski definition) is 1. The Balaban J connectivity index is 2.32. The van der Waals surface area contributed by atoms with Gasteiger partial charge in [0, 0.05) is 5.54 Å². The molecule has 0 heterocycles. The number of anilines is 1. The summed E-state index contributed by atoms with van der Waals surface area (Å²) in [6.45, 7) is 5.61. The smallest absolute Gasteiger partial charge is 0.244 e. The molecule has 0 radical (unpaired) electrons. The largest absolute Gasteiger partial charge is 0.495 e. The Bertz CT molecular complexity index is 978. The van der Waals surface area contributed by atoms with E-state index in [0.29, 0.717) is 24.3 Å². The van der Waals surface area contributed by atoms with Gasteiger partial charge in [-0.05, 0) is 50.5 Å². The molecule has 164 valence electrons. The first-order valence-electron chi connectivity index (χ1n) is 9.67. The number of nitrogens with zero attached hydrogens (tertiary/aromatic N) is 1. The lowest BCUT2D eigenvalue weighted by Crippen LogP contribution is -2.55. The van der Waals surface area contributed by atoms with Crippen LogP contribution in [0, 0.1) is 0 Å². The molecule has 1 atom stereocenters. The average molecular weight is 453 g/mol. The van der Waals surface area contributed by atoms with Crippen LogP contribution in [0.2, 0.25) is 5.02 Å². The predicted octanol–water partition coefficient (Wildman–Crippen LogP) is 4.03. The molecule has 1 amide bonds. The Labute approximate surface area is 184 Å². The molecule has 30 heavy (non-hydrogen) atoms. The molecule has 2 aromatic rings. The van der Waals surface area contributed by atoms with Gasteiger partial charge in [0.15, 0.2) is 0 Å². The van der Waals surface area contributed by atoms with E-state index in [1.165, 1.54) is 13.2 Å². The van der Waals surface area contributed by atoms with Crippen LogP contribution in [0.5, 0.6) is 5.75 Å². The molecule has 1 N–H and O–H groups in total. The van der Waals surface area contributed by atoms with E-state index in [2.05, 4.69) is 5.32 Å². The number of halogens is 1. The molecule has 2 rings (SSSR count). The predicted molar refractivity (Wildman–Crippen MR) is 122 cm³/mol. The van der Waals surface area contributed by atoms with Crippen molar-refractivity contribution in [3.05, 3.63) is 59.1 Å². The minimum Gasteiger partial charge on any atom is -0.495 e. The van der Waals surface area contributed by atoms with Crippen molar-refractivity contribution in [1.29, 1.82) is 0 Å². The Morgan fingerprint density at radius 3 is 2.33 bits per heavy atom. The number of rotatable bonds is 9. The van der Waals surface area contributed by atoms with Crippen LogP contribution >= 0.6 is 11.6 Å². The molecule has 0 unspecified atom stereocenters. The van der Waals surface area contributed by atoms with Gasteiger partial charge < -0.3 is 10.1 Å². The molecule has 2 aromatic carbocycles. The monoisotopic (exact) mass is 452 g/mol. The summed E-state index contributed by atoms with van der Waals surface area (Å²) in [6, 6.07) is 13.6. The van der Waals surface area contributed by atoms with Crippen molar-refractivity contribution in [2.75, 3.05) is 17.7 Å². The Hall–Kier alpha value is -2.25. The molecular weight excluding hydrogens is 424 g/mol. The first-order chi connectivity index (χ1) is 14.0. The third-order valence-electron chi connectivity index (χ3n) is 4.67. The Morgan fingerprint density at radius 2 is 1.83 bits per heavy atom. The third-order valence-corrected chi connectivity index (χ3v) is 6.15. The molecule has 0 fully saturated rings. The highest BCUT2D eigenvalue weighted by Gasteiger charge is 2.34. The molecular formula is C22H29ClN2O4S. The van der Waals surface area contributed by atoms with Gasteiger partial charge >= 0.3 is 0 Å². The number of hydrogen-bond acceptors (Lipinski definition) is 4. The zero-order valence-corrected chi connectivity index (χ0v) is 19.5. The van der Waals surface area contributed by atoms with E-state index in [1.54, 1.807) is 19.1 Å². The van der Waals surface area contributed by atoms with Crippen molar-refractivity contribution in [2.45, 2.75) is 45.2 Å². The molecule has 0 aromatic heterocycles. The molecule has 0 aliphatic heterocycles. The Morgan fingerprint density at radius 1 is 1.20 bits per heavy atom. The minimum absolute atomic E-state index is 0.267. The van der Waals surface area contributed by atoms with Crippen LogP contribution in [-0.4, -0.2) is 39.3 Å². The Kier molecular flexibility index (Phi) is 7.77. The molecule has 8 heteroatoms. The fourth-order valence-corrected chi connectivity index (χ4v) is 4.88. The van der Waals surface area contributed by atoms with Gasteiger partial charge in [-0.15, -0.1) is 0 Å². The van der Waals surface area contributed by atoms with Crippen molar-refractivity contribution in [3.63, 3.8) is 0 Å². The topological polar surface area (TPSA) is 75.7 Å². The standard InChI is InChI=1S/C22H29ClN2O4S/c1-6-19(21(26)24-22(2,3)15-16-10-8-7-9-11-16)25(30(5,27)28)17-12-13-20(29-4)18(23)14-17/h7-14,19H,6,15H2,1-5H3,(H,24,26)/t19-/m1/s1. The van der Waals surface area contributed by atoms with Crippen LogP contribution in [-0.2, 0) is 21.2 Å². The van der Waals surface area contributed by atoms with E-state index in [1.807, 2.05) is 44.2 Å². The number of sulfonamides is 1. The average Bonchev–Trinajstić information content (AvgIpc) is 2.64. The number of benzene rings is 2. The first-order valence-corrected chi connectivity index (χ1v) is 11.9. The van der Waals surface area contributed by atoms with Gasteiger partial charge in [-0.1, -0.05) is 48.9 Å². The van der Waals surface area contributed by atoms with Gasteiger partial charge in [0.25, 0.3) is 0 Å². The molecule has 0 aliphatic carbocycles. The number of carbonyl (C=O) groups excluding carboxylic acids is 1. The molecule has 0 spiro atoms. The van der Waals surface area contributed by atoms with Gasteiger partial charge in [-0.3, -0.25) is 9.10 Å². The number of amides is 1. The minimum atomic E-state index is -3.75. The molecule has 0 bridgehead atoms. The van der Waals surface area contributed by atoms with Crippen LogP contribution in [0.3, 0.4) is 0 Å². The van der Waals surface area contributed by atoms with E-state index in [-0.39, 0.29) is 10.9 Å². The molecule has 6 nitrogen and oxygen atoms in total. The second-order valence-corrected chi connectivity index (χ2v) is 10.1. The van der Waals surface area contributed by atoms with E-state index in [4.69, 9.17) is 16.3 Å². The fourth-order valence-electron chi connectivity index (χ4n) is 3.42. The molecule has 0 saturated heterocycles. The fraction of sp³-hybridized carbons (Fsp3) is 0.409. The third kappa shape index (κ3) is 6.12. The van der Waals surface area contributed by atoms with E-state index in [0.717, 1.165) is 16.1 Å². The second-order valence-electron chi connectivity index (χ2n) is 7.84. The maximum atomic E-state index is 13.2. The van der Waals surface area contributed by atoms with Crippen molar-refractivity contribution < 1.29 is 17.9 Å². The summed E-state index contributed by atoms with van der Waals surface area (Å²) in [7, 11) is -2.27. The van der Waals surface area contributed by atoms with Gasteiger partial charge in [0.1, 0.15) is 11.8 Å². The van der Waals surface area contributed by atoms with Crippen LogP contribution in [0.1, 0.15) is 32.8 Å². The lowest BCUT2D eigenvalue weighted by atomic mass is 9.94. The van der Waals surface area contributed by atoms with Gasteiger partial charge in [0.2, 0.25) is 15.9 Å². The zero-order chi connectivity index (χ0) is 22.5. The SMILES string of the molecule is CC[C@H](C(=O)NC(C)(C)Cc1ccccc1)N(c1ccc(OC)c(Cl)c1)S(C)(=O)=O. The highest BCUT2D eigenvalue weighted by molar-refractivity contribution is 7.92. The van der Waals surface area contributed by atoms with Gasteiger partial charge in [-0.2, -0.15) is 0 Å². The maximum absolute atomic E-state index is 13.2. The van der Waals surface area contributed by atoms with Crippen LogP contribution in [0.15, 0.2) is 48.5 Å². The van der Waals surface area contributed by atoms with Crippen molar-refractivity contribution in [2.24, 2.45) is 0 Å². The highest BCUT2D eigenvalue weighted by Crippen LogP contribution is 2.32. The number of ether oxygens (including phenoxy) is 1. The van der Waals surface area contributed by atoms with E-state index < -0.39 is 21.6 Å². The van der Waals surface area contributed by atoms with Gasteiger partial charge in [-0.25, -0.2) is 8.42 Å². The summed E-state index contributed by atoms with van der Waals surface area (Å²) >= 11 is 6.20. The zero-order valence-electron chi connectivity index (χ0n) is 18.0. The van der Waals surface area contributed by atoms with Crippen LogP contribution < -0.4 is 14.4 Å². The normalized spacial score (nSPS) is 12.9. The molecule has 0 saturated carbocycles. The highest BCUT2D eigenvalue weighted by atomic mass is 35.5. The number of methoxy groups -OCH3 is 1.